The van der Waals surface area contributed by atoms with Crippen LogP contribution in [-0.4, -0.2) is 46.7 Å². The highest BCUT2D eigenvalue weighted by Crippen LogP contribution is 2.37. The van der Waals surface area contributed by atoms with Crippen LogP contribution in [0.25, 0.3) is 10.3 Å². The molecule has 0 bridgehead atoms. The zero-order valence-corrected chi connectivity index (χ0v) is 15.0. The number of aryl methyl sites for hydroxylation is 1. The number of benzene rings is 1. The predicted octanol–water partition coefficient (Wildman–Crippen LogP) is 2.22. The lowest BCUT2D eigenvalue weighted by molar-refractivity contribution is -0.00346. The summed E-state index contributed by atoms with van der Waals surface area (Å²) in [5.74, 6) is 0.588. The van der Waals surface area contributed by atoms with Gasteiger partial charge >= 0.3 is 0 Å². The third kappa shape index (κ3) is 2.53. The molecule has 1 amide bonds. The molecule has 1 fully saturated rings. The fourth-order valence-electron chi connectivity index (χ4n) is 3.35. The van der Waals surface area contributed by atoms with Crippen LogP contribution in [0.15, 0.2) is 24.5 Å². The molecule has 1 saturated heterocycles. The van der Waals surface area contributed by atoms with Crippen molar-refractivity contribution < 1.29 is 9.53 Å². The standard InChI is InChI=1S/C18H17N5O2S/c1-10-2-3-13-11(6-10)4-5-23(13)15-14-17(20-9-19-15)26-18(22-14)16(24)21-12-7-25-8-12/h2-3,6,9,12H,4-5,7-8H2,1H3,(H,21,24). The first-order valence-electron chi connectivity index (χ1n) is 8.56. The lowest BCUT2D eigenvalue weighted by atomic mass is 10.1. The van der Waals surface area contributed by atoms with Crippen LogP contribution in [0.5, 0.6) is 0 Å². The van der Waals surface area contributed by atoms with Gasteiger partial charge in [0.1, 0.15) is 16.7 Å². The van der Waals surface area contributed by atoms with Crippen LogP contribution >= 0.6 is 11.3 Å². The van der Waals surface area contributed by atoms with Crippen molar-refractivity contribution in [2.24, 2.45) is 0 Å². The van der Waals surface area contributed by atoms with Crippen LogP contribution in [0.1, 0.15) is 20.9 Å². The Labute approximate surface area is 154 Å². The van der Waals surface area contributed by atoms with Gasteiger partial charge in [-0.25, -0.2) is 15.0 Å². The Morgan fingerprint density at radius 1 is 1.35 bits per heavy atom. The van der Waals surface area contributed by atoms with E-state index in [0.29, 0.717) is 23.7 Å². The van der Waals surface area contributed by atoms with Crippen molar-refractivity contribution in [2.45, 2.75) is 19.4 Å². The molecule has 132 valence electrons. The number of hydrogen-bond acceptors (Lipinski definition) is 7. The Bertz CT molecular complexity index is 1010. The van der Waals surface area contributed by atoms with Gasteiger partial charge < -0.3 is 15.0 Å². The average molecular weight is 367 g/mol. The highest BCUT2D eigenvalue weighted by atomic mass is 32.1. The number of thiazole rings is 1. The summed E-state index contributed by atoms with van der Waals surface area (Å²) in [6, 6.07) is 6.53. The number of carbonyl (C=O) groups excluding carboxylic acids is 1. The van der Waals surface area contributed by atoms with Gasteiger partial charge in [0, 0.05) is 12.2 Å². The van der Waals surface area contributed by atoms with Gasteiger partial charge in [-0.1, -0.05) is 29.0 Å². The number of nitrogens with zero attached hydrogens (tertiary/aromatic N) is 4. The topological polar surface area (TPSA) is 80.2 Å². The Kier molecular flexibility index (Phi) is 3.61. The molecule has 5 rings (SSSR count). The lowest BCUT2D eigenvalue weighted by Crippen LogP contribution is -2.48. The minimum absolute atomic E-state index is 0.0776. The van der Waals surface area contributed by atoms with Gasteiger partial charge in [0.25, 0.3) is 5.91 Å². The van der Waals surface area contributed by atoms with Gasteiger partial charge in [-0.3, -0.25) is 4.79 Å². The van der Waals surface area contributed by atoms with Crippen molar-refractivity contribution in [3.8, 4) is 0 Å². The minimum Gasteiger partial charge on any atom is -0.377 e. The molecule has 1 aromatic carbocycles. The molecule has 0 aliphatic carbocycles. The molecule has 2 aliphatic rings. The zero-order chi connectivity index (χ0) is 17.7. The number of ether oxygens (including phenoxy) is 1. The molecular formula is C18H17N5O2S. The van der Waals surface area contributed by atoms with E-state index in [-0.39, 0.29) is 11.9 Å². The smallest absolute Gasteiger partial charge is 0.280 e. The van der Waals surface area contributed by atoms with Crippen LogP contribution in [0, 0.1) is 6.92 Å². The largest absolute Gasteiger partial charge is 0.377 e. The third-order valence-electron chi connectivity index (χ3n) is 4.73. The summed E-state index contributed by atoms with van der Waals surface area (Å²) in [6.45, 7) is 4.07. The maximum absolute atomic E-state index is 12.4. The zero-order valence-electron chi connectivity index (χ0n) is 14.2. The van der Waals surface area contributed by atoms with E-state index >= 15 is 0 Å². The van der Waals surface area contributed by atoms with Crippen LogP contribution in [-0.2, 0) is 11.2 Å². The van der Waals surface area contributed by atoms with Gasteiger partial charge in [0.15, 0.2) is 10.8 Å². The summed E-state index contributed by atoms with van der Waals surface area (Å²) in [5.41, 5.74) is 4.41. The summed E-state index contributed by atoms with van der Waals surface area (Å²) < 4.78 is 5.10. The highest BCUT2D eigenvalue weighted by Gasteiger charge is 2.27. The minimum atomic E-state index is -0.176. The second-order valence-corrected chi connectivity index (χ2v) is 7.59. The molecule has 0 spiro atoms. The SMILES string of the molecule is Cc1ccc2c(c1)CCN2c1ncnc2sc(C(=O)NC3COC3)nc12. The summed E-state index contributed by atoms with van der Waals surface area (Å²) >= 11 is 1.30. The van der Waals surface area contributed by atoms with E-state index in [0.717, 1.165) is 29.3 Å². The summed E-state index contributed by atoms with van der Waals surface area (Å²) in [4.78, 5) is 28.6. The maximum atomic E-state index is 12.4. The first kappa shape index (κ1) is 15.7. The Hall–Kier alpha value is -2.58. The summed E-state index contributed by atoms with van der Waals surface area (Å²) in [5, 5.41) is 3.34. The number of anilines is 2. The quantitative estimate of drug-likeness (QED) is 0.765. The number of hydrogen-bond donors (Lipinski definition) is 1. The van der Waals surface area contributed by atoms with E-state index in [4.69, 9.17) is 4.74 Å². The van der Waals surface area contributed by atoms with Crippen LogP contribution in [0.2, 0.25) is 0 Å². The molecule has 0 radical (unpaired) electrons. The molecule has 2 aliphatic heterocycles. The fourth-order valence-corrected chi connectivity index (χ4v) is 4.16. The van der Waals surface area contributed by atoms with Crippen LogP contribution < -0.4 is 10.2 Å². The van der Waals surface area contributed by atoms with Gasteiger partial charge in [0.05, 0.1) is 19.3 Å². The number of carbonyl (C=O) groups is 1. The van der Waals surface area contributed by atoms with Crippen LogP contribution in [0.3, 0.4) is 0 Å². The molecule has 0 saturated carbocycles. The number of amides is 1. The molecule has 26 heavy (non-hydrogen) atoms. The Balaban J connectivity index is 1.52. The van der Waals surface area contributed by atoms with Crippen molar-refractivity contribution >= 4 is 39.1 Å². The van der Waals surface area contributed by atoms with Crippen LogP contribution in [0.4, 0.5) is 11.5 Å². The number of aromatic nitrogens is 3. The second-order valence-electron chi connectivity index (χ2n) is 6.61. The Morgan fingerprint density at radius 2 is 2.23 bits per heavy atom. The molecule has 3 aromatic rings. The van der Waals surface area contributed by atoms with E-state index in [1.165, 1.54) is 22.5 Å². The van der Waals surface area contributed by atoms with Gasteiger partial charge in [-0.15, -0.1) is 0 Å². The normalized spacial score (nSPS) is 16.6. The molecule has 0 atom stereocenters. The number of fused-ring (bicyclic) bond motifs is 2. The third-order valence-corrected chi connectivity index (χ3v) is 5.69. The predicted molar refractivity (Wildman–Crippen MR) is 99.2 cm³/mol. The molecule has 4 heterocycles. The first-order valence-corrected chi connectivity index (χ1v) is 9.38. The second kappa shape index (κ2) is 6.00. The van der Waals surface area contributed by atoms with Gasteiger partial charge in [0.2, 0.25) is 0 Å². The molecule has 8 heteroatoms. The van der Waals surface area contributed by atoms with Gasteiger partial charge in [-0.2, -0.15) is 0 Å². The van der Waals surface area contributed by atoms with E-state index < -0.39 is 0 Å². The van der Waals surface area contributed by atoms with E-state index in [9.17, 15) is 4.79 Å². The number of nitrogens with one attached hydrogen (secondary N) is 1. The summed E-state index contributed by atoms with van der Waals surface area (Å²) in [7, 11) is 0. The van der Waals surface area contributed by atoms with Crippen molar-refractivity contribution in [1.82, 2.24) is 20.3 Å². The van der Waals surface area contributed by atoms with E-state index in [1.807, 2.05) is 0 Å². The molecule has 0 unspecified atom stereocenters. The average Bonchev–Trinajstić information content (AvgIpc) is 3.21. The van der Waals surface area contributed by atoms with Crippen molar-refractivity contribution in [3.05, 3.63) is 40.7 Å². The van der Waals surface area contributed by atoms with E-state index in [1.54, 1.807) is 6.33 Å². The molecular weight excluding hydrogens is 350 g/mol. The monoisotopic (exact) mass is 367 g/mol. The number of rotatable bonds is 3. The molecule has 1 N–H and O–H groups in total. The van der Waals surface area contributed by atoms with Crippen molar-refractivity contribution in [2.75, 3.05) is 24.7 Å². The van der Waals surface area contributed by atoms with Gasteiger partial charge in [-0.05, 0) is 25.0 Å². The fraction of sp³-hybridized carbons (Fsp3) is 0.333. The summed E-state index contributed by atoms with van der Waals surface area (Å²) in [6.07, 6.45) is 2.52. The van der Waals surface area contributed by atoms with E-state index in [2.05, 4.69) is 50.3 Å². The molecule has 2 aromatic heterocycles. The van der Waals surface area contributed by atoms with Crippen molar-refractivity contribution in [1.29, 1.82) is 0 Å². The lowest BCUT2D eigenvalue weighted by Gasteiger charge is -2.26. The highest BCUT2D eigenvalue weighted by molar-refractivity contribution is 7.19. The first-order chi connectivity index (χ1) is 12.7. The van der Waals surface area contributed by atoms with Crippen molar-refractivity contribution in [3.63, 3.8) is 0 Å². The Morgan fingerprint density at radius 3 is 3.04 bits per heavy atom. The maximum Gasteiger partial charge on any atom is 0.280 e. The molecule has 7 nitrogen and oxygen atoms in total.